The number of carbonyl (C=O) groups is 3. The van der Waals surface area contributed by atoms with Crippen LogP contribution < -0.4 is 5.73 Å². The quantitative estimate of drug-likeness (QED) is 0.0308. The summed E-state index contributed by atoms with van der Waals surface area (Å²) in [5.41, 5.74) is 5.32. The lowest BCUT2D eigenvalue weighted by atomic mass is 10.0. The maximum Gasteiger partial charge on any atom is 0.472 e. The minimum atomic E-state index is -4.70. The number of phosphoric acid groups is 1. The fourth-order valence-electron chi connectivity index (χ4n) is 6.01. The molecule has 11 nitrogen and oxygen atoms in total. The summed E-state index contributed by atoms with van der Waals surface area (Å²) in [6.45, 7) is 2.81. The van der Waals surface area contributed by atoms with Gasteiger partial charge in [-0.15, -0.1) is 0 Å². The molecule has 0 heterocycles. The number of carboxylic acid groups (broad SMARTS) is 1. The van der Waals surface area contributed by atoms with Gasteiger partial charge in [0.15, 0.2) is 6.10 Å². The van der Waals surface area contributed by atoms with Crippen LogP contribution >= 0.6 is 7.82 Å². The van der Waals surface area contributed by atoms with Gasteiger partial charge in [0.2, 0.25) is 0 Å². The van der Waals surface area contributed by atoms with Gasteiger partial charge in [0.25, 0.3) is 0 Å². The molecule has 0 aromatic heterocycles. The minimum absolute atomic E-state index is 0.169. The van der Waals surface area contributed by atoms with E-state index in [1.165, 1.54) is 128 Å². The zero-order valence-electron chi connectivity index (χ0n) is 33.2. The summed E-state index contributed by atoms with van der Waals surface area (Å²) >= 11 is 0. The summed E-state index contributed by atoms with van der Waals surface area (Å²) in [6, 6.07) is -1.51. The second kappa shape index (κ2) is 36.5. The topological polar surface area (TPSA) is 172 Å². The van der Waals surface area contributed by atoms with Crippen molar-refractivity contribution >= 4 is 25.7 Å². The van der Waals surface area contributed by atoms with Crippen molar-refractivity contribution in [2.45, 2.75) is 219 Å². The van der Waals surface area contributed by atoms with Gasteiger partial charge >= 0.3 is 25.7 Å². The number of aliphatic carboxylic acids is 1. The van der Waals surface area contributed by atoms with E-state index in [4.69, 9.17) is 24.8 Å². The van der Waals surface area contributed by atoms with E-state index < -0.39 is 51.1 Å². The Bertz CT molecular complexity index is 906. The highest BCUT2D eigenvalue weighted by atomic mass is 31.2. The highest BCUT2D eigenvalue weighted by molar-refractivity contribution is 7.47. The molecule has 0 aromatic rings. The summed E-state index contributed by atoms with van der Waals surface area (Å²) in [7, 11) is -4.70. The Kier molecular flexibility index (Phi) is 35.4. The van der Waals surface area contributed by atoms with E-state index in [9.17, 15) is 23.8 Å². The largest absolute Gasteiger partial charge is 0.480 e. The van der Waals surface area contributed by atoms with Crippen LogP contribution in [-0.2, 0) is 37.5 Å². The number of hydrogen-bond acceptors (Lipinski definition) is 9. The van der Waals surface area contributed by atoms with Crippen molar-refractivity contribution in [3.05, 3.63) is 0 Å². The van der Waals surface area contributed by atoms with Crippen LogP contribution in [0.3, 0.4) is 0 Å². The average molecular weight is 764 g/mol. The molecule has 0 rings (SSSR count). The number of hydrogen-bond donors (Lipinski definition) is 3. The fourth-order valence-corrected chi connectivity index (χ4v) is 6.79. The van der Waals surface area contributed by atoms with Crippen LogP contribution in [0.1, 0.15) is 206 Å². The molecule has 0 bridgehead atoms. The Labute approximate surface area is 316 Å². The van der Waals surface area contributed by atoms with Crippen LogP contribution in [0.15, 0.2) is 0 Å². The van der Waals surface area contributed by atoms with Crippen molar-refractivity contribution in [2.24, 2.45) is 5.73 Å². The molecule has 0 aliphatic carbocycles. The van der Waals surface area contributed by atoms with Gasteiger partial charge < -0.3 is 25.2 Å². The molecular weight excluding hydrogens is 685 g/mol. The summed E-state index contributed by atoms with van der Waals surface area (Å²) in [6.07, 6.45) is 33.2. The number of nitrogens with two attached hydrogens (primary N) is 1. The Morgan fingerprint density at radius 1 is 0.519 bits per heavy atom. The summed E-state index contributed by atoms with van der Waals surface area (Å²) < 4.78 is 32.6. The minimum Gasteiger partial charge on any atom is -0.480 e. The standard InChI is InChI=1S/C40H78NO10P/c1-3-5-7-9-11-13-15-16-17-18-19-20-21-22-24-26-28-30-32-39(43)51-36(34-49-52(46,47)50-35-37(41)40(44)45)33-48-38(42)31-29-27-25-23-14-12-10-8-6-4-2/h36-37H,3-35,41H2,1-2H3,(H,44,45)(H,46,47). The predicted molar refractivity (Wildman–Crippen MR) is 208 cm³/mol. The maximum atomic E-state index is 12.6. The molecule has 0 radical (unpaired) electrons. The van der Waals surface area contributed by atoms with Crippen LogP contribution in [0.5, 0.6) is 0 Å². The van der Waals surface area contributed by atoms with E-state index >= 15 is 0 Å². The highest BCUT2D eigenvalue weighted by Crippen LogP contribution is 2.43. The lowest BCUT2D eigenvalue weighted by Gasteiger charge is -2.20. The highest BCUT2D eigenvalue weighted by Gasteiger charge is 2.28. The molecule has 4 N–H and O–H groups in total. The molecule has 0 saturated carbocycles. The molecule has 0 aromatic carbocycles. The number of carbonyl (C=O) groups excluding carboxylic acids is 2. The van der Waals surface area contributed by atoms with Crippen molar-refractivity contribution in [3.63, 3.8) is 0 Å². The first-order chi connectivity index (χ1) is 25.1. The van der Waals surface area contributed by atoms with Crippen LogP contribution in [0, 0.1) is 0 Å². The Hall–Kier alpha value is -1.52. The van der Waals surface area contributed by atoms with Crippen molar-refractivity contribution in [3.8, 4) is 0 Å². The van der Waals surface area contributed by atoms with Crippen LogP contribution in [0.25, 0.3) is 0 Å². The number of unbranched alkanes of at least 4 members (excludes halogenated alkanes) is 26. The van der Waals surface area contributed by atoms with Crippen molar-refractivity contribution in [1.82, 2.24) is 0 Å². The van der Waals surface area contributed by atoms with Gasteiger partial charge in [-0.3, -0.25) is 23.4 Å². The smallest absolute Gasteiger partial charge is 0.472 e. The van der Waals surface area contributed by atoms with Gasteiger partial charge in [-0.1, -0.05) is 181 Å². The molecule has 0 amide bonds. The van der Waals surface area contributed by atoms with E-state index in [0.717, 1.165) is 38.5 Å². The summed E-state index contributed by atoms with van der Waals surface area (Å²) in [4.78, 5) is 45.8. The first-order valence-electron chi connectivity index (χ1n) is 21.1. The van der Waals surface area contributed by atoms with E-state index in [-0.39, 0.29) is 19.4 Å². The number of esters is 2. The van der Waals surface area contributed by atoms with Crippen molar-refractivity contribution < 1.29 is 47.5 Å². The third-order valence-corrected chi connectivity index (χ3v) is 10.3. The van der Waals surface area contributed by atoms with Gasteiger partial charge in [-0.25, -0.2) is 4.57 Å². The lowest BCUT2D eigenvalue weighted by molar-refractivity contribution is -0.161. The van der Waals surface area contributed by atoms with Gasteiger partial charge in [-0.2, -0.15) is 0 Å². The fraction of sp³-hybridized carbons (Fsp3) is 0.925. The van der Waals surface area contributed by atoms with E-state index in [2.05, 4.69) is 18.4 Å². The maximum absolute atomic E-state index is 12.6. The average Bonchev–Trinajstić information content (AvgIpc) is 3.12. The van der Waals surface area contributed by atoms with Crippen molar-refractivity contribution in [1.29, 1.82) is 0 Å². The second-order valence-corrected chi connectivity index (χ2v) is 15.9. The number of phosphoric ester groups is 1. The zero-order chi connectivity index (χ0) is 38.5. The monoisotopic (exact) mass is 764 g/mol. The molecular formula is C40H78NO10P. The SMILES string of the molecule is CCCCCCCCCCCCCCCCCCCCC(=O)OC(COC(=O)CCCCCCCCCCCC)COP(=O)(O)OCC(N)C(=O)O. The Morgan fingerprint density at radius 3 is 1.21 bits per heavy atom. The molecule has 3 unspecified atom stereocenters. The van der Waals surface area contributed by atoms with Gasteiger partial charge in [0.05, 0.1) is 13.2 Å². The second-order valence-electron chi connectivity index (χ2n) is 14.5. The molecule has 52 heavy (non-hydrogen) atoms. The molecule has 0 aliphatic heterocycles. The van der Waals surface area contributed by atoms with Crippen LogP contribution in [0.2, 0.25) is 0 Å². The Morgan fingerprint density at radius 2 is 0.846 bits per heavy atom. The van der Waals surface area contributed by atoms with Gasteiger partial charge in [0.1, 0.15) is 12.6 Å². The van der Waals surface area contributed by atoms with E-state index in [0.29, 0.717) is 12.8 Å². The molecule has 308 valence electrons. The third kappa shape index (κ3) is 35.5. The Balaban J connectivity index is 4.29. The van der Waals surface area contributed by atoms with Crippen molar-refractivity contribution in [2.75, 3.05) is 19.8 Å². The molecule has 3 atom stereocenters. The summed E-state index contributed by atoms with van der Waals surface area (Å²) in [5.74, 6) is -2.36. The number of carboxylic acids is 1. The molecule has 0 spiro atoms. The van der Waals surface area contributed by atoms with Crippen LogP contribution in [-0.4, -0.2) is 59.9 Å². The molecule has 0 aliphatic rings. The molecule has 0 fully saturated rings. The van der Waals surface area contributed by atoms with Crippen LogP contribution in [0.4, 0.5) is 0 Å². The number of rotatable bonds is 40. The van der Waals surface area contributed by atoms with E-state index in [1.54, 1.807) is 0 Å². The van der Waals surface area contributed by atoms with Gasteiger partial charge in [0, 0.05) is 12.8 Å². The number of ether oxygens (including phenoxy) is 2. The summed E-state index contributed by atoms with van der Waals surface area (Å²) in [5, 5.41) is 8.87. The third-order valence-electron chi connectivity index (χ3n) is 9.36. The zero-order valence-corrected chi connectivity index (χ0v) is 34.1. The first-order valence-corrected chi connectivity index (χ1v) is 22.6. The molecule has 12 heteroatoms. The lowest BCUT2D eigenvalue weighted by Crippen LogP contribution is -2.34. The van der Waals surface area contributed by atoms with E-state index in [1.807, 2.05) is 0 Å². The predicted octanol–water partition coefficient (Wildman–Crippen LogP) is 10.7. The first kappa shape index (κ1) is 50.5. The van der Waals surface area contributed by atoms with Gasteiger partial charge in [-0.05, 0) is 12.8 Å². The normalized spacial score (nSPS) is 13.8. The molecule has 0 saturated heterocycles.